The molecule has 4 aliphatic heterocycles. The molecule has 0 fully saturated rings. The first-order chi connectivity index (χ1) is 58.6. The summed E-state index contributed by atoms with van der Waals surface area (Å²) in [5.74, 6) is 0. The van der Waals surface area contributed by atoms with Gasteiger partial charge in [-0.15, -0.1) is 0 Å². The third-order valence-corrected chi connectivity index (χ3v) is 26.9. The molecular weight excluding hydrogens is 1440 g/mol. The SMILES string of the molecule is c1ccc(N(c2ccccc2)c2cc3c4c(c2)N(c2ccc5c(c2)-c2ccccc2C5(c2ccccc2)c2ccccc2)c2cc5c(cc2B4c2ccccc2S3)B2c3ccccc3N(c3ccccc3)c3cc(N(c4ccccc4)c4ccccc4)cc(c32)N5c2ccc3c(c2)-c2ccccc2C3(c2ccccc2)c2ccccc2)cc1. The highest BCUT2D eigenvalue weighted by atomic mass is 32.2. The molecule has 5 nitrogen and oxygen atoms in total. The van der Waals surface area contributed by atoms with Crippen LogP contribution >= 0.6 is 11.8 Å². The van der Waals surface area contributed by atoms with Crippen molar-refractivity contribution in [1.29, 1.82) is 0 Å². The number of anilines is 15. The number of para-hydroxylation sites is 6. The Morgan fingerprint density at radius 2 is 0.542 bits per heavy atom. The Morgan fingerprint density at radius 1 is 0.203 bits per heavy atom. The molecule has 550 valence electrons. The molecule has 18 aromatic rings. The van der Waals surface area contributed by atoms with Gasteiger partial charge in [0.15, 0.2) is 0 Å². The van der Waals surface area contributed by atoms with E-state index in [-0.39, 0.29) is 13.4 Å². The summed E-state index contributed by atoms with van der Waals surface area (Å²) in [6, 6.07) is 167. The van der Waals surface area contributed by atoms with E-state index in [1.54, 1.807) is 0 Å². The molecule has 118 heavy (non-hydrogen) atoms. The van der Waals surface area contributed by atoms with Crippen LogP contribution in [0.15, 0.2) is 453 Å². The Bertz CT molecular complexity index is 6840. The number of nitrogens with zero attached hydrogens (tertiary/aromatic N) is 5. The topological polar surface area (TPSA) is 16.2 Å². The number of benzene rings is 18. The van der Waals surface area contributed by atoms with E-state index in [0.717, 1.165) is 85.3 Å². The molecule has 0 saturated heterocycles. The molecule has 0 spiro atoms. The second-order valence-corrected chi connectivity index (χ2v) is 32.8. The average molecular weight is 1520 g/mol. The molecule has 6 aliphatic rings. The lowest BCUT2D eigenvalue weighted by molar-refractivity contribution is 0.768. The molecule has 0 aromatic heterocycles. The maximum atomic E-state index is 2.69. The molecule has 4 heterocycles. The van der Waals surface area contributed by atoms with Crippen molar-refractivity contribution in [3.05, 3.63) is 487 Å². The average Bonchev–Trinajstić information content (AvgIpc) is 0.752. The van der Waals surface area contributed by atoms with Gasteiger partial charge in [0, 0.05) is 89.4 Å². The van der Waals surface area contributed by atoms with Gasteiger partial charge in [-0.3, -0.25) is 0 Å². The van der Waals surface area contributed by atoms with Gasteiger partial charge in [0.2, 0.25) is 6.71 Å². The highest BCUT2D eigenvalue weighted by molar-refractivity contribution is 8.00. The minimum atomic E-state index is -0.628. The Labute approximate surface area is 693 Å². The first-order valence-electron chi connectivity index (χ1n) is 40.9. The van der Waals surface area contributed by atoms with Crippen LogP contribution in [-0.4, -0.2) is 13.4 Å². The molecule has 0 amide bonds. The van der Waals surface area contributed by atoms with E-state index >= 15 is 0 Å². The highest BCUT2D eigenvalue weighted by Gasteiger charge is 2.52. The van der Waals surface area contributed by atoms with E-state index in [2.05, 4.69) is 467 Å². The van der Waals surface area contributed by atoms with Gasteiger partial charge in [0.05, 0.1) is 16.5 Å². The largest absolute Gasteiger partial charge is 0.311 e. The van der Waals surface area contributed by atoms with Crippen LogP contribution in [0.25, 0.3) is 22.3 Å². The summed E-state index contributed by atoms with van der Waals surface area (Å²) in [7, 11) is 0. The van der Waals surface area contributed by atoms with Crippen LogP contribution in [0, 0.1) is 0 Å². The van der Waals surface area contributed by atoms with E-state index in [1.807, 2.05) is 11.8 Å². The lowest BCUT2D eigenvalue weighted by atomic mass is 9.30. The fourth-order valence-electron chi connectivity index (χ4n) is 21.1. The van der Waals surface area contributed by atoms with E-state index in [0.29, 0.717) is 0 Å². The second kappa shape index (κ2) is 27.0. The summed E-state index contributed by atoms with van der Waals surface area (Å²) in [6.07, 6.45) is 0. The van der Waals surface area contributed by atoms with Gasteiger partial charge in [-0.1, -0.05) is 333 Å². The zero-order valence-electron chi connectivity index (χ0n) is 64.4. The molecule has 0 unspecified atom stereocenters. The van der Waals surface area contributed by atoms with Crippen molar-refractivity contribution in [2.75, 3.05) is 24.5 Å². The molecular formula is C110H73B2N5S. The number of fused-ring (bicyclic) bond motifs is 14. The van der Waals surface area contributed by atoms with Crippen LogP contribution in [0.1, 0.15) is 44.5 Å². The molecule has 0 atom stereocenters. The highest BCUT2D eigenvalue weighted by Crippen LogP contribution is 2.61. The summed E-state index contributed by atoms with van der Waals surface area (Å²) < 4.78 is 0. The normalized spacial score (nSPS) is 13.9. The minimum Gasteiger partial charge on any atom is -0.311 e. The quantitative estimate of drug-likeness (QED) is 0.106. The van der Waals surface area contributed by atoms with Crippen molar-refractivity contribution < 1.29 is 0 Å². The van der Waals surface area contributed by atoms with Gasteiger partial charge < -0.3 is 24.5 Å². The smallest absolute Gasteiger partial charge is 0.252 e. The van der Waals surface area contributed by atoms with Gasteiger partial charge in [-0.25, -0.2) is 0 Å². The van der Waals surface area contributed by atoms with Crippen LogP contribution in [0.2, 0.25) is 0 Å². The van der Waals surface area contributed by atoms with E-state index in [4.69, 9.17) is 0 Å². The summed E-state index contributed by atoms with van der Waals surface area (Å²) >= 11 is 1.90. The molecule has 0 saturated carbocycles. The summed E-state index contributed by atoms with van der Waals surface area (Å²) in [4.78, 5) is 15.3. The minimum absolute atomic E-state index is 0.184. The standard InChI is InChI=1S/C110H73B2N5S/c1-10-36-74(37-11-1)109(75-38-12-2-13-39-75)91-56-30-28-54-87(91)89-66-83(62-64-93(89)109)116-100-73-101-98(72-97(100)111-95-58-32-34-60-99(95)115(82-52-26-9-27-53-82)102-68-85(69-103(116)107(102)111)113(78-44-18-5-19-45-78)79-46-20-6-21-47-79)112-96-59-33-35-61-105(96)118-106-71-86(114(80-48-22-7-23-49-80)81-50-24-8-25-51-81)70-104(108(106)112)117(101)84-63-65-94-90(67-84)88-55-29-31-57-92(88)110(94,76-40-14-3-15-41-76)77-42-16-4-17-43-77/h1-73H. The van der Waals surface area contributed by atoms with Crippen molar-refractivity contribution in [3.63, 3.8) is 0 Å². The van der Waals surface area contributed by atoms with Gasteiger partial charge in [-0.2, -0.15) is 0 Å². The maximum absolute atomic E-state index is 2.69. The van der Waals surface area contributed by atoms with Crippen molar-refractivity contribution in [1.82, 2.24) is 0 Å². The fraction of sp³-hybridized carbons (Fsp3) is 0.0182. The Hall–Kier alpha value is -14.6. The van der Waals surface area contributed by atoms with Crippen LogP contribution < -0.4 is 57.3 Å². The lowest BCUT2D eigenvalue weighted by Gasteiger charge is -2.47. The lowest BCUT2D eigenvalue weighted by Crippen LogP contribution is -2.64. The van der Waals surface area contributed by atoms with E-state index in [1.165, 1.54) is 109 Å². The zero-order valence-corrected chi connectivity index (χ0v) is 65.3. The van der Waals surface area contributed by atoms with Gasteiger partial charge in [0.25, 0.3) is 6.71 Å². The van der Waals surface area contributed by atoms with Crippen LogP contribution in [0.5, 0.6) is 0 Å². The zero-order chi connectivity index (χ0) is 77.6. The Balaban J connectivity index is 0.839. The van der Waals surface area contributed by atoms with E-state index < -0.39 is 10.8 Å². The number of rotatable bonds is 13. The molecule has 8 heteroatoms. The second-order valence-electron chi connectivity index (χ2n) is 31.7. The van der Waals surface area contributed by atoms with Gasteiger partial charge in [0.1, 0.15) is 0 Å². The molecule has 0 radical (unpaired) electrons. The molecule has 24 rings (SSSR count). The maximum Gasteiger partial charge on any atom is 0.252 e. The number of hydrogen-bond acceptors (Lipinski definition) is 6. The molecule has 0 bridgehead atoms. The Kier molecular flexibility index (Phi) is 15.6. The van der Waals surface area contributed by atoms with Crippen molar-refractivity contribution >= 4 is 143 Å². The van der Waals surface area contributed by atoms with Crippen LogP contribution in [0.3, 0.4) is 0 Å². The predicted octanol–water partition coefficient (Wildman–Crippen LogP) is 24.2. The van der Waals surface area contributed by atoms with Crippen LogP contribution in [-0.2, 0) is 10.8 Å². The van der Waals surface area contributed by atoms with Gasteiger partial charge in [-0.05, 0) is 221 Å². The first kappa shape index (κ1) is 67.9. The summed E-state index contributed by atoms with van der Waals surface area (Å²) in [5.41, 5.74) is 37.5. The summed E-state index contributed by atoms with van der Waals surface area (Å²) in [5, 5.41) is 0. The van der Waals surface area contributed by atoms with Gasteiger partial charge >= 0.3 is 0 Å². The fourth-order valence-corrected chi connectivity index (χ4v) is 22.3. The van der Waals surface area contributed by atoms with Crippen LogP contribution in [0.4, 0.5) is 85.3 Å². The van der Waals surface area contributed by atoms with Crippen molar-refractivity contribution in [2.45, 2.75) is 20.6 Å². The molecule has 0 N–H and O–H groups in total. The molecule has 2 aliphatic carbocycles. The monoisotopic (exact) mass is 1520 g/mol. The van der Waals surface area contributed by atoms with E-state index in [9.17, 15) is 0 Å². The first-order valence-corrected chi connectivity index (χ1v) is 41.8. The molecule has 18 aromatic carbocycles. The van der Waals surface area contributed by atoms with Crippen molar-refractivity contribution in [3.8, 4) is 22.3 Å². The third kappa shape index (κ3) is 10.0. The summed E-state index contributed by atoms with van der Waals surface area (Å²) in [6.45, 7) is -0.431. The van der Waals surface area contributed by atoms with Crippen molar-refractivity contribution in [2.24, 2.45) is 0 Å². The Morgan fingerprint density at radius 3 is 0.992 bits per heavy atom. The predicted molar refractivity (Wildman–Crippen MR) is 494 cm³/mol. The third-order valence-electron chi connectivity index (χ3n) is 25.7. The number of hydrogen-bond donors (Lipinski definition) is 0.